The Hall–Kier alpha value is -3.64. The maximum Gasteiger partial charge on any atom is 0.254 e. The predicted molar refractivity (Wildman–Crippen MR) is 147 cm³/mol. The monoisotopic (exact) mass is 512 g/mol. The molecule has 2 aliphatic rings. The number of rotatable bonds is 8. The molecule has 6 nitrogen and oxygen atoms in total. The van der Waals surface area contributed by atoms with Gasteiger partial charge in [-0.3, -0.25) is 9.59 Å². The van der Waals surface area contributed by atoms with Crippen LogP contribution < -0.4 is 10.1 Å². The highest BCUT2D eigenvalue weighted by atomic mass is 16.5. The van der Waals surface area contributed by atoms with Crippen LogP contribution in [0.1, 0.15) is 83.3 Å². The third-order valence-corrected chi connectivity index (χ3v) is 7.94. The number of aliphatic hydroxyl groups is 1. The number of carbonyl (C=O) groups is 2. The van der Waals surface area contributed by atoms with E-state index in [4.69, 9.17) is 4.74 Å². The zero-order chi connectivity index (χ0) is 26.6. The molecular weight excluding hydrogens is 476 g/mol. The first-order valence-electron chi connectivity index (χ1n) is 13.6. The van der Waals surface area contributed by atoms with Crippen molar-refractivity contribution in [2.75, 3.05) is 13.7 Å². The van der Waals surface area contributed by atoms with Crippen LogP contribution in [-0.4, -0.2) is 41.5 Å². The van der Waals surface area contributed by atoms with Gasteiger partial charge in [-0.05, 0) is 66.6 Å². The van der Waals surface area contributed by atoms with Gasteiger partial charge in [-0.25, -0.2) is 0 Å². The Morgan fingerprint density at radius 1 is 1.05 bits per heavy atom. The molecule has 38 heavy (non-hydrogen) atoms. The van der Waals surface area contributed by atoms with Crippen LogP contribution in [-0.2, 0) is 11.2 Å². The highest BCUT2D eigenvalue weighted by Crippen LogP contribution is 2.47. The lowest BCUT2D eigenvalue weighted by Crippen LogP contribution is -2.51. The van der Waals surface area contributed by atoms with Crippen molar-refractivity contribution in [3.63, 3.8) is 0 Å². The molecular formula is C32H36N2O4. The fourth-order valence-electron chi connectivity index (χ4n) is 6.03. The molecule has 3 aromatic rings. The number of carbonyl (C=O) groups excluding carboxylic acids is 2. The maximum absolute atomic E-state index is 14.0. The molecule has 3 aromatic carbocycles. The summed E-state index contributed by atoms with van der Waals surface area (Å²) in [5.74, 6) is -0.129. The quantitative estimate of drug-likeness (QED) is 0.428. The fraction of sp³-hybridized carbons (Fsp3) is 0.375. The molecule has 2 N–H and O–H groups in total. The average Bonchev–Trinajstić information content (AvgIpc) is 3.47. The molecule has 1 unspecified atom stereocenters. The molecule has 2 amide bonds. The normalized spacial score (nSPS) is 20.2. The first-order valence-corrected chi connectivity index (χ1v) is 13.6. The summed E-state index contributed by atoms with van der Waals surface area (Å²) in [5, 5.41) is 13.6. The van der Waals surface area contributed by atoms with E-state index in [9.17, 15) is 14.7 Å². The Bertz CT molecular complexity index is 1280. The van der Waals surface area contributed by atoms with Gasteiger partial charge in [-0.2, -0.15) is 0 Å². The number of nitrogens with one attached hydrogen (secondary N) is 1. The number of fused-ring (bicyclic) bond motifs is 1. The molecule has 1 aliphatic carbocycles. The third kappa shape index (κ3) is 5.18. The molecule has 3 atom stereocenters. The molecule has 0 spiro atoms. The number of hydrogen-bond donors (Lipinski definition) is 2. The van der Waals surface area contributed by atoms with Gasteiger partial charge < -0.3 is 20.1 Å². The number of hydrogen-bond acceptors (Lipinski definition) is 4. The molecule has 0 saturated heterocycles. The van der Waals surface area contributed by atoms with Crippen molar-refractivity contribution in [1.29, 1.82) is 0 Å². The second kappa shape index (κ2) is 11.4. The first-order chi connectivity index (χ1) is 18.5. The number of ether oxygens (including phenoxy) is 1. The van der Waals surface area contributed by atoms with E-state index in [0.717, 1.165) is 48.8 Å². The fourth-order valence-corrected chi connectivity index (χ4v) is 6.03. The topological polar surface area (TPSA) is 78.9 Å². The number of methoxy groups -OCH3 is 1. The SMILES string of the molecule is COc1cc(C(C)O)cc([C@H]2[C@H](C(=O)NCCc3ccccc3)c3ccccc3C(=O)N2C2CCCC2)c1. The zero-order valence-corrected chi connectivity index (χ0v) is 22.1. The van der Waals surface area contributed by atoms with Gasteiger partial charge in [0.15, 0.2) is 0 Å². The number of benzene rings is 3. The summed E-state index contributed by atoms with van der Waals surface area (Å²) in [7, 11) is 1.59. The molecule has 5 rings (SSSR count). The van der Waals surface area contributed by atoms with E-state index >= 15 is 0 Å². The zero-order valence-electron chi connectivity index (χ0n) is 22.1. The summed E-state index contributed by atoms with van der Waals surface area (Å²) < 4.78 is 5.59. The van der Waals surface area contributed by atoms with Crippen LogP contribution in [0.2, 0.25) is 0 Å². The van der Waals surface area contributed by atoms with Crippen molar-refractivity contribution in [3.05, 3.63) is 101 Å². The van der Waals surface area contributed by atoms with Crippen molar-refractivity contribution in [2.45, 2.75) is 63.1 Å². The van der Waals surface area contributed by atoms with E-state index in [2.05, 4.69) is 17.4 Å². The van der Waals surface area contributed by atoms with E-state index in [1.165, 1.54) is 0 Å². The van der Waals surface area contributed by atoms with E-state index in [1.54, 1.807) is 14.0 Å². The standard InChI is InChI=1S/C32H36N2O4/c1-21(35)23-18-24(20-26(19-23)38-2)30-29(31(36)33-17-16-22-10-4-3-5-11-22)27-14-8-9-15-28(27)32(37)34(30)25-12-6-7-13-25/h3-5,8-11,14-15,18-21,25,29-30,35H,6-7,12-13,16-17H2,1-2H3,(H,33,36)/t21?,29-,30+/m1/s1. The Morgan fingerprint density at radius 3 is 2.47 bits per heavy atom. The molecule has 1 saturated carbocycles. The minimum Gasteiger partial charge on any atom is -0.497 e. The lowest BCUT2D eigenvalue weighted by Gasteiger charge is -2.45. The van der Waals surface area contributed by atoms with Gasteiger partial charge in [0.05, 0.1) is 25.2 Å². The molecule has 1 fully saturated rings. The van der Waals surface area contributed by atoms with Crippen molar-refractivity contribution < 1.29 is 19.4 Å². The van der Waals surface area contributed by atoms with Crippen LogP contribution in [0.25, 0.3) is 0 Å². The summed E-state index contributed by atoms with van der Waals surface area (Å²) in [6.07, 6.45) is 3.97. The van der Waals surface area contributed by atoms with Crippen LogP contribution in [0.3, 0.4) is 0 Å². The van der Waals surface area contributed by atoms with Gasteiger partial charge in [-0.15, -0.1) is 0 Å². The second-order valence-electron chi connectivity index (χ2n) is 10.4. The summed E-state index contributed by atoms with van der Waals surface area (Å²) in [5.41, 5.74) is 4.00. The highest BCUT2D eigenvalue weighted by Gasteiger charge is 2.47. The summed E-state index contributed by atoms with van der Waals surface area (Å²) in [4.78, 5) is 30.0. The minimum absolute atomic E-state index is 0.0350. The molecule has 1 aliphatic heterocycles. The molecule has 6 heteroatoms. The second-order valence-corrected chi connectivity index (χ2v) is 10.4. The van der Waals surface area contributed by atoms with Crippen molar-refractivity contribution in [2.24, 2.45) is 0 Å². The maximum atomic E-state index is 14.0. The van der Waals surface area contributed by atoms with Crippen molar-refractivity contribution in [1.82, 2.24) is 10.2 Å². The lowest BCUT2D eigenvalue weighted by molar-refractivity contribution is -0.124. The van der Waals surface area contributed by atoms with Crippen LogP contribution in [0.4, 0.5) is 0 Å². The van der Waals surface area contributed by atoms with E-state index in [1.807, 2.05) is 65.6 Å². The molecule has 198 valence electrons. The Morgan fingerprint density at radius 2 is 1.76 bits per heavy atom. The van der Waals surface area contributed by atoms with Crippen LogP contribution in [0.15, 0.2) is 72.8 Å². The Balaban J connectivity index is 1.59. The van der Waals surface area contributed by atoms with E-state index in [-0.39, 0.29) is 17.9 Å². The van der Waals surface area contributed by atoms with Gasteiger partial charge in [0.25, 0.3) is 5.91 Å². The Kier molecular flexibility index (Phi) is 7.79. The van der Waals surface area contributed by atoms with E-state index < -0.39 is 18.1 Å². The van der Waals surface area contributed by atoms with Crippen LogP contribution in [0, 0.1) is 0 Å². The summed E-state index contributed by atoms with van der Waals surface area (Å²) in [6, 6.07) is 22.8. The first kappa shape index (κ1) is 26.0. The van der Waals surface area contributed by atoms with Crippen molar-refractivity contribution in [3.8, 4) is 5.75 Å². The van der Waals surface area contributed by atoms with Gasteiger partial charge in [0.2, 0.25) is 5.91 Å². The van der Waals surface area contributed by atoms with Crippen LogP contribution in [0.5, 0.6) is 5.75 Å². The third-order valence-electron chi connectivity index (χ3n) is 7.94. The van der Waals surface area contributed by atoms with Gasteiger partial charge >= 0.3 is 0 Å². The number of amides is 2. The predicted octanol–water partition coefficient (Wildman–Crippen LogP) is 5.33. The molecule has 0 aromatic heterocycles. The van der Waals surface area contributed by atoms with Gasteiger partial charge in [0.1, 0.15) is 5.75 Å². The lowest BCUT2D eigenvalue weighted by atomic mass is 9.77. The number of aliphatic hydroxyl groups excluding tert-OH is 1. The van der Waals surface area contributed by atoms with Crippen LogP contribution >= 0.6 is 0 Å². The summed E-state index contributed by atoms with van der Waals surface area (Å²) >= 11 is 0. The van der Waals surface area contributed by atoms with Crippen molar-refractivity contribution >= 4 is 11.8 Å². The molecule has 0 radical (unpaired) electrons. The molecule has 0 bridgehead atoms. The highest BCUT2D eigenvalue weighted by molar-refractivity contribution is 6.01. The minimum atomic E-state index is -0.714. The molecule has 1 heterocycles. The Labute approximate surface area is 224 Å². The number of nitrogens with zero attached hydrogens (tertiary/aromatic N) is 1. The summed E-state index contributed by atoms with van der Waals surface area (Å²) in [6.45, 7) is 2.21. The van der Waals surface area contributed by atoms with Gasteiger partial charge in [0, 0.05) is 18.2 Å². The average molecular weight is 513 g/mol. The van der Waals surface area contributed by atoms with E-state index in [0.29, 0.717) is 23.4 Å². The largest absolute Gasteiger partial charge is 0.497 e. The van der Waals surface area contributed by atoms with Gasteiger partial charge in [-0.1, -0.05) is 67.4 Å². The smallest absolute Gasteiger partial charge is 0.254 e.